The smallest absolute Gasteiger partial charge is 0.226 e. The summed E-state index contributed by atoms with van der Waals surface area (Å²) in [5, 5.41) is 2.98. The number of hydrogen-bond acceptors (Lipinski definition) is 1. The predicted octanol–water partition coefficient (Wildman–Crippen LogP) is 2.23. The standard InChI is InChI=1S/C11H16ClNO/c1-7(2)8(3)13-9(14)10-4-11(12,5-10)6-10/h8H,1,4-6H2,2-3H3,(H,13,14)/t8-,10?,11?/m1/s1. The molecular formula is C11H16ClNO. The Morgan fingerprint density at radius 3 is 2.36 bits per heavy atom. The number of alkyl halides is 1. The van der Waals surface area contributed by atoms with Crippen LogP contribution in [0, 0.1) is 5.41 Å². The van der Waals surface area contributed by atoms with Gasteiger partial charge in [-0.15, -0.1) is 11.6 Å². The highest BCUT2D eigenvalue weighted by Gasteiger charge is 2.70. The van der Waals surface area contributed by atoms with Crippen molar-refractivity contribution >= 4 is 17.5 Å². The van der Waals surface area contributed by atoms with Crippen molar-refractivity contribution in [3.8, 4) is 0 Å². The Hall–Kier alpha value is -0.500. The maximum Gasteiger partial charge on any atom is 0.226 e. The lowest BCUT2D eigenvalue weighted by Crippen LogP contribution is -2.70. The molecule has 3 fully saturated rings. The van der Waals surface area contributed by atoms with Crippen molar-refractivity contribution in [3.63, 3.8) is 0 Å². The first-order valence-electron chi connectivity index (χ1n) is 5.02. The SMILES string of the molecule is C=C(C)[C@@H](C)NC(=O)C12CC(Cl)(C1)C2. The van der Waals surface area contributed by atoms with Gasteiger partial charge in [-0.25, -0.2) is 0 Å². The highest BCUT2D eigenvalue weighted by Crippen LogP contribution is 2.70. The molecule has 14 heavy (non-hydrogen) atoms. The Bertz CT molecular complexity index is 291. The number of carbonyl (C=O) groups excluding carboxylic acids is 1. The molecule has 3 heteroatoms. The molecule has 3 aliphatic carbocycles. The van der Waals surface area contributed by atoms with E-state index >= 15 is 0 Å². The monoisotopic (exact) mass is 213 g/mol. The van der Waals surface area contributed by atoms with E-state index in [0.717, 1.165) is 24.8 Å². The molecular weight excluding hydrogens is 198 g/mol. The Kier molecular flexibility index (Phi) is 1.97. The van der Waals surface area contributed by atoms with Crippen LogP contribution in [0.3, 0.4) is 0 Å². The normalized spacial score (nSPS) is 40.5. The Labute approximate surface area is 89.7 Å². The van der Waals surface area contributed by atoms with Gasteiger partial charge in [-0.05, 0) is 33.1 Å². The Morgan fingerprint density at radius 1 is 1.50 bits per heavy atom. The van der Waals surface area contributed by atoms with Crippen LogP contribution in [0.2, 0.25) is 0 Å². The molecule has 1 N–H and O–H groups in total. The van der Waals surface area contributed by atoms with Gasteiger partial charge in [0.2, 0.25) is 5.91 Å². The van der Waals surface area contributed by atoms with E-state index in [1.54, 1.807) is 0 Å². The zero-order valence-electron chi connectivity index (χ0n) is 8.69. The third-order valence-corrected chi connectivity index (χ3v) is 3.93. The summed E-state index contributed by atoms with van der Waals surface area (Å²) in [4.78, 5) is 11.8. The van der Waals surface area contributed by atoms with Gasteiger partial charge < -0.3 is 5.32 Å². The van der Waals surface area contributed by atoms with Gasteiger partial charge in [0.15, 0.2) is 0 Å². The van der Waals surface area contributed by atoms with Crippen LogP contribution in [-0.4, -0.2) is 16.8 Å². The fourth-order valence-electron chi connectivity index (χ4n) is 2.38. The lowest BCUT2D eigenvalue weighted by atomic mass is 9.43. The molecule has 1 amide bonds. The number of nitrogens with one attached hydrogen (secondary N) is 1. The lowest BCUT2D eigenvalue weighted by molar-refractivity contribution is -0.159. The largest absolute Gasteiger partial charge is 0.349 e. The second kappa shape index (κ2) is 2.75. The van der Waals surface area contributed by atoms with E-state index in [1.807, 2.05) is 13.8 Å². The van der Waals surface area contributed by atoms with Crippen LogP contribution in [0.25, 0.3) is 0 Å². The molecule has 0 unspecified atom stereocenters. The summed E-state index contributed by atoms with van der Waals surface area (Å²) in [6.07, 6.45) is 2.57. The van der Waals surface area contributed by atoms with Crippen molar-refractivity contribution in [1.29, 1.82) is 0 Å². The molecule has 3 aliphatic rings. The van der Waals surface area contributed by atoms with E-state index in [1.165, 1.54) is 0 Å². The quantitative estimate of drug-likeness (QED) is 0.566. The highest BCUT2D eigenvalue weighted by atomic mass is 35.5. The molecule has 2 nitrogen and oxygen atoms in total. The molecule has 0 spiro atoms. The first-order chi connectivity index (χ1) is 6.37. The summed E-state index contributed by atoms with van der Waals surface area (Å²) in [7, 11) is 0. The van der Waals surface area contributed by atoms with Crippen LogP contribution < -0.4 is 5.32 Å². The zero-order chi connectivity index (χ0) is 10.6. The Morgan fingerprint density at radius 2 is 2.00 bits per heavy atom. The minimum atomic E-state index is -0.120. The summed E-state index contributed by atoms with van der Waals surface area (Å²) in [5.74, 6) is 0.163. The van der Waals surface area contributed by atoms with Crippen molar-refractivity contribution in [1.82, 2.24) is 5.32 Å². The molecule has 0 saturated heterocycles. The van der Waals surface area contributed by atoms with Crippen molar-refractivity contribution in [2.24, 2.45) is 5.41 Å². The van der Waals surface area contributed by atoms with E-state index < -0.39 is 0 Å². The second-order valence-corrected chi connectivity index (χ2v) is 5.80. The van der Waals surface area contributed by atoms with Crippen molar-refractivity contribution in [3.05, 3.63) is 12.2 Å². The molecule has 0 radical (unpaired) electrons. The van der Waals surface area contributed by atoms with E-state index in [0.29, 0.717) is 0 Å². The number of carbonyl (C=O) groups is 1. The second-order valence-electron chi connectivity index (χ2n) is 5.00. The van der Waals surface area contributed by atoms with Crippen molar-refractivity contribution in [2.45, 2.75) is 44.0 Å². The average Bonchev–Trinajstić information content (AvgIpc) is 1.96. The van der Waals surface area contributed by atoms with Crippen LogP contribution in [0.4, 0.5) is 0 Å². The van der Waals surface area contributed by atoms with Crippen LogP contribution >= 0.6 is 11.6 Å². The first kappa shape index (κ1) is 10.0. The van der Waals surface area contributed by atoms with Gasteiger partial charge in [-0.2, -0.15) is 0 Å². The zero-order valence-corrected chi connectivity index (χ0v) is 9.45. The van der Waals surface area contributed by atoms with Crippen LogP contribution in [0.15, 0.2) is 12.2 Å². The maximum absolute atomic E-state index is 11.8. The number of amides is 1. The first-order valence-corrected chi connectivity index (χ1v) is 5.40. The number of rotatable bonds is 3. The van der Waals surface area contributed by atoms with Gasteiger partial charge in [-0.1, -0.05) is 12.2 Å². The predicted molar refractivity (Wildman–Crippen MR) is 57.3 cm³/mol. The Balaban J connectivity index is 1.89. The maximum atomic E-state index is 11.8. The summed E-state index contributed by atoms with van der Waals surface area (Å²) < 4.78 is 0. The third kappa shape index (κ3) is 1.28. The highest BCUT2D eigenvalue weighted by molar-refractivity contribution is 6.27. The molecule has 0 heterocycles. The minimum Gasteiger partial charge on any atom is -0.349 e. The van der Waals surface area contributed by atoms with E-state index in [9.17, 15) is 4.79 Å². The molecule has 3 saturated carbocycles. The summed E-state index contributed by atoms with van der Waals surface area (Å²) in [5.41, 5.74) is 0.872. The van der Waals surface area contributed by atoms with Crippen molar-refractivity contribution in [2.75, 3.05) is 0 Å². The third-order valence-electron chi connectivity index (χ3n) is 3.53. The number of halogens is 1. The fourth-order valence-corrected chi connectivity index (χ4v) is 3.15. The van der Waals surface area contributed by atoms with Gasteiger partial charge in [-0.3, -0.25) is 4.79 Å². The molecule has 0 aromatic carbocycles. The molecule has 78 valence electrons. The van der Waals surface area contributed by atoms with Gasteiger partial charge >= 0.3 is 0 Å². The number of hydrogen-bond donors (Lipinski definition) is 1. The topological polar surface area (TPSA) is 29.1 Å². The minimum absolute atomic E-state index is 0.0240. The van der Waals surface area contributed by atoms with Crippen molar-refractivity contribution < 1.29 is 4.79 Å². The van der Waals surface area contributed by atoms with Crippen LogP contribution in [0.1, 0.15) is 33.1 Å². The van der Waals surface area contributed by atoms with Gasteiger partial charge in [0.25, 0.3) is 0 Å². The van der Waals surface area contributed by atoms with E-state index in [4.69, 9.17) is 11.6 Å². The molecule has 0 aromatic rings. The molecule has 2 bridgehead atoms. The molecule has 0 aliphatic heterocycles. The summed E-state index contributed by atoms with van der Waals surface area (Å²) >= 11 is 6.11. The molecule has 0 aromatic heterocycles. The molecule has 1 atom stereocenters. The fraction of sp³-hybridized carbons (Fsp3) is 0.727. The van der Waals surface area contributed by atoms with E-state index in [2.05, 4.69) is 11.9 Å². The molecule has 3 rings (SSSR count). The van der Waals surface area contributed by atoms with Gasteiger partial charge in [0.1, 0.15) is 0 Å². The van der Waals surface area contributed by atoms with Gasteiger partial charge in [0.05, 0.1) is 5.41 Å². The summed E-state index contributed by atoms with van der Waals surface area (Å²) in [6.45, 7) is 7.71. The van der Waals surface area contributed by atoms with Gasteiger partial charge in [0, 0.05) is 10.9 Å². The van der Waals surface area contributed by atoms with E-state index in [-0.39, 0.29) is 22.2 Å². The summed E-state index contributed by atoms with van der Waals surface area (Å²) in [6, 6.07) is 0.0720. The lowest BCUT2D eigenvalue weighted by Gasteiger charge is -2.66. The van der Waals surface area contributed by atoms with Crippen LogP contribution in [-0.2, 0) is 4.79 Å². The average molecular weight is 214 g/mol. The van der Waals surface area contributed by atoms with Crippen LogP contribution in [0.5, 0.6) is 0 Å².